The smallest absolute Gasteiger partial charge is 0.199 e. The van der Waals surface area contributed by atoms with Crippen molar-refractivity contribution in [3.63, 3.8) is 0 Å². The zero-order chi connectivity index (χ0) is 14.3. The Balaban J connectivity index is 2.18. The van der Waals surface area contributed by atoms with E-state index in [9.17, 15) is 9.18 Å². The fourth-order valence-corrected chi connectivity index (χ4v) is 3.02. The van der Waals surface area contributed by atoms with Crippen LogP contribution in [0.25, 0.3) is 10.9 Å². The van der Waals surface area contributed by atoms with Crippen molar-refractivity contribution in [2.45, 2.75) is 0 Å². The van der Waals surface area contributed by atoms with Gasteiger partial charge in [0.2, 0.25) is 0 Å². The van der Waals surface area contributed by atoms with E-state index in [1.807, 2.05) is 18.2 Å². The predicted octanol–water partition coefficient (Wildman–Crippen LogP) is 5.06. The maximum atomic E-state index is 13.9. The number of fused-ring (bicyclic) bond motifs is 1. The highest BCUT2D eigenvalue weighted by Crippen LogP contribution is 2.28. The number of carbonyl (C=O) groups is 1. The van der Waals surface area contributed by atoms with Crippen molar-refractivity contribution in [3.8, 4) is 0 Å². The van der Waals surface area contributed by atoms with Gasteiger partial charge in [-0.25, -0.2) is 4.39 Å². The van der Waals surface area contributed by atoms with Crippen LogP contribution in [0.3, 0.4) is 0 Å². The second-order valence-corrected chi connectivity index (χ2v) is 6.09. The number of ketones is 1. The van der Waals surface area contributed by atoms with Gasteiger partial charge in [-0.15, -0.1) is 0 Å². The first-order valence-corrected chi connectivity index (χ1v) is 7.42. The minimum Gasteiger partial charge on any atom is -0.360 e. The van der Waals surface area contributed by atoms with Crippen molar-refractivity contribution >= 4 is 48.5 Å². The topological polar surface area (TPSA) is 32.9 Å². The fraction of sp³-hybridized carbons (Fsp3) is 0. The van der Waals surface area contributed by atoms with Crippen molar-refractivity contribution in [1.29, 1.82) is 0 Å². The summed E-state index contributed by atoms with van der Waals surface area (Å²) in [6.07, 6.45) is 1.61. The highest BCUT2D eigenvalue weighted by Gasteiger charge is 2.20. The minimum absolute atomic E-state index is 0.0521. The molecule has 1 heterocycles. The van der Waals surface area contributed by atoms with E-state index in [1.165, 1.54) is 6.07 Å². The summed E-state index contributed by atoms with van der Waals surface area (Å²) in [5.41, 5.74) is 1.34. The number of aromatic amines is 1. The van der Waals surface area contributed by atoms with Gasteiger partial charge in [0.1, 0.15) is 5.82 Å². The minimum atomic E-state index is -0.532. The lowest BCUT2D eigenvalue weighted by molar-refractivity contribution is 0.103. The summed E-state index contributed by atoms with van der Waals surface area (Å²) in [5, 5.41) is 0.772. The molecular formula is C15H8Br2FNO. The molecule has 100 valence electrons. The van der Waals surface area contributed by atoms with Crippen molar-refractivity contribution < 1.29 is 9.18 Å². The van der Waals surface area contributed by atoms with Crippen LogP contribution >= 0.6 is 31.9 Å². The molecule has 2 nitrogen and oxygen atoms in total. The summed E-state index contributed by atoms with van der Waals surface area (Å²) in [6.45, 7) is 0. The largest absolute Gasteiger partial charge is 0.360 e. The van der Waals surface area contributed by atoms with Gasteiger partial charge in [0.25, 0.3) is 0 Å². The lowest BCUT2D eigenvalue weighted by Crippen LogP contribution is -2.04. The highest BCUT2D eigenvalue weighted by atomic mass is 79.9. The molecular weight excluding hydrogens is 389 g/mol. The third-order valence-electron chi connectivity index (χ3n) is 3.08. The van der Waals surface area contributed by atoms with E-state index >= 15 is 0 Å². The van der Waals surface area contributed by atoms with Crippen LogP contribution < -0.4 is 0 Å². The number of hydrogen-bond donors (Lipinski definition) is 1. The van der Waals surface area contributed by atoms with Crippen LogP contribution in [-0.4, -0.2) is 10.8 Å². The maximum absolute atomic E-state index is 13.9. The summed E-state index contributed by atoms with van der Waals surface area (Å²) in [6, 6.07) is 10.1. The molecule has 3 aromatic rings. The lowest BCUT2D eigenvalue weighted by Gasteiger charge is -2.04. The molecule has 0 bridgehead atoms. The Hall–Kier alpha value is -1.46. The highest BCUT2D eigenvalue weighted by molar-refractivity contribution is 9.10. The first kappa shape index (κ1) is 13.5. The standard InChI is InChI=1S/C15H8Br2FNO/c16-8-4-5-9-10(7-19-13(9)6-8)15(20)14-11(17)2-1-3-12(14)18/h1-7,19H. The average Bonchev–Trinajstić information content (AvgIpc) is 2.81. The zero-order valence-electron chi connectivity index (χ0n) is 10.1. The molecule has 0 fully saturated rings. The van der Waals surface area contributed by atoms with E-state index in [1.54, 1.807) is 18.3 Å². The number of hydrogen-bond acceptors (Lipinski definition) is 1. The lowest BCUT2D eigenvalue weighted by atomic mass is 10.0. The van der Waals surface area contributed by atoms with Crippen molar-refractivity contribution in [2.24, 2.45) is 0 Å². The number of nitrogens with one attached hydrogen (secondary N) is 1. The average molecular weight is 397 g/mol. The summed E-state index contributed by atoms with van der Waals surface area (Å²) >= 11 is 6.60. The van der Waals surface area contributed by atoms with Crippen LogP contribution in [0.1, 0.15) is 15.9 Å². The Bertz CT molecular complexity index is 806. The Morgan fingerprint density at radius 2 is 1.95 bits per heavy atom. The molecule has 0 aliphatic carbocycles. The molecule has 20 heavy (non-hydrogen) atoms. The van der Waals surface area contributed by atoms with Gasteiger partial charge in [0.05, 0.1) is 5.56 Å². The van der Waals surface area contributed by atoms with E-state index in [2.05, 4.69) is 36.8 Å². The molecule has 3 rings (SSSR count). The Labute approximate surface area is 131 Å². The quantitative estimate of drug-likeness (QED) is 0.603. The van der Waals surface area contributed by atoms with Gasteiger partial charge < -0.3 is 4.98 Å². The van der Waals surface area contributed by atoms with Gasteiger partial charge >= 0.3 is 0 Å². The molecule has 0 saturated heterocycles. The van der Waals surface area contributed by atoms with Crippen molar-refractivity contribution in [2.75, 3.05) is 0 Å². The normalized spacial score (nSPS) is 10.9. The van der Waals surface area contributed by atoms with Gasteiger partial charge in [0.15, 0.2) is 5.78 Å². The number of rotatable bonds is 2. The van der Waals surface area contributed by atoms with Crippen molar-refractivity contribution in [3.05, 3.63) is 68.5 Å². The van der Waals surface area contributed by atoms with Crippen LogP contribution in [-0.2, 0) is 0 Å². The van der Waals surface area contributed by atoms with Gasteiger partial charge in [-0.2, -0.15) is 0 Å². The maximum Gasteiger partial charge on any atom is 0.199 e. The summed E-state index contributed by atoms with van der Waals surface area (Å²) in [4.78, 5) is 15.6. The summed E-state index contributed by atoms with van der Waals surface area (Å²) < 4.78 is 15.3. The number of halogens is 3. The van der Waals surface area contributed by atoms with E-state index in [4.69, 9.17) is 0 Å². The third-order valence-corrected chi connectivity index (χ3v) is 4.23. The Morgan fingerprint density at radius 1 is 1.15 bits per heavy atom. The molecule has 0 aliphatic rings. The molecule has 2 aromatic carbocycles. The van der Waals surface area contributed by atoms with Gasteiger partial charge in [-0.1, -0.05) is 28.1 Å². The molecule has 0 atom stereocenters. The van der Waals surface area contributed by atoms with Crippen LogP contribution in [0.15, 0.2) is 51.5 Å². The molecule has 0 spiro atoms. The summed E-state index contributed by atoms with van der Waals surface area (Å²) in [7, 11) is 0. The summed E-state index contributed by atoms with van der Waals surface area (Å²) in [5.74, 6) is -0.876. The second-order valence-electron chi connectivity index (χ2n) is 4.32. The van der Waals surface area contributed by atoms with E-state index < -0.39 is 5.82 Å². The fourth-order valence-electron chi connectivity index (χ4n) is 2.14. The Kier molecular flexibility index (Phi) is 3.48. The Morgan fingerprint density at radius 3 is 2.70 bits per heavy atom. The molecule has 0 saturated carbocycles. The molecule has 0 amide bonds. The van der Waals surface area contributed by atoms with Crippen LogP contribution in [0.5, 0.6) is 0 Å². The number of aromatic nitrogens is 1. The van der Waals surface area contributed by atoms with Gasteiger partial charge in [-0.3, -0.25) is 4.79 Å². The molecule has 5 heteroatoms. The third kappa shape index (κ3) is 2.21. The molecule has 1 aromatic heterocycles. The molecule has 0 radical (unpaired) electrons. The molecule has 0 aliphatic heterocycles. The van der Waals surface area contributed by atoms with E-state index in [0.717, 1.165) is 15.4 Å². The SMILES string of the molecule is O=C(c1c(F)cccc1Br)c1c[nH]c2cc(Br)ccc12. The van der Waals surface area contributed by atoms with E-state index in [0.29, 0.717) is 10.0 Å². The van der Waals surface area contributed by atoms with E-state index in [-0.39, 0.29) is 11.3 Å². The van der Waals surface area contributed by atoms with Gasteiger partial charge in [-0.05, 0) is 40.2 Å². The molecule has 1 N–H and O–H groups in total. The van der Waals surface area contributed by atoms with Gasteiger partial charge in [0, 0.05) is 31.6 Å². The first-order chi connectivity index (χ1) is 9.58. The number of H-pyrrole nitrogens is 1. The van der Waals surface area contributed by atoms with Crippen LogP contribution in [0.4, 0.5) is 4.39 Å². The van der Waals surface area contributed by atoms with Crippen LogP contribution in [0.2, 0.25) is 0 Å². The van der Waals surface area contributed by atoms with Crippen LogP contribution in [0, 0.1) is 5.82 Å². The van der Waals surface area contributed by atoms with Crippen molar-refractivity contribution in [1.82, 2.24) is 4.98 Å². The number of carbonyl (C=O) groups excluding carboxylic acids is 1. The second kappa shape index (κ2) is 5.14. The molecule has 0 unspecified atom stereocenters. The monoisotopic (exact) mass is 395 g/mol. The predicted molar refractivity (Wildman–Crippen MR) is 83.5 cm³/mol. The zero-order valence-corrected chi connectivity index (χ0v) is 13.3. The first-order valence-electron chi connectivity index (χ1n) is 5.83. The number of benzene rings is 2.